The fourth-order valence-corrected chi connectivity index (χ4v) is 10.1. The highest BCUT2D eigenvalue weighted by molar-refractivity contribution is 8.02. The van der Waals surface area contributed by atoms with E-state index in [9.17, 15) is 14.7 Å². The maximum Gasteiger partial charge on any atom is 0.251 e. The summed E-state index contributed by atoms with van der Waals surface area (Å²) in [5.74, 6) is -1.75. The summed E-state index contributed by atoms with van der Waals surface area (Å²) in [6.45, 7) is 14.1. The molecule has 3 aliphatic heterocycles. The normalized spacial score (nSPS) is 28.4. The van der Waals surface area contributed by atoms with Crippen molar-refractivity contribution >= 4 is 35.2 Å². The van der Waals surface area contributed by atoms with Gasteiger partial charge in [-0.15, -0.1) is 24.9 Å². The molecule has 222 valence electrons. The van der Waals surface area contributed by atoms with Gasteiger partial charge in [0, 0.05) is 31.1 Å². The van der Waals surface area contributed by atoms with Gasteiger partial charge in [-0.25, -0.2) is 0 Å². The Hall–Kier alpha value is -3.36. The number of rotatable bonds is 10. The van der Waals surface area contributed by atoms with E-state index in [1.807, 2.05) is 62.4 Å². The number of aryl methyl sites for hydroxylation is 2. The Balaban J connectivity index is 1.70. The summed E-state index contributed by atoms with van der Waals surface area (Å²) < 4.78 is -0.813. The van der Waals surface area contributed by atoms with Gasteiger partial charge in [0.1, 0.15) is 6.04 Å². The van der Waals surface area contributed by atoms with Crippen LogP contribution < -0.4 is 4.90 Å². The molecule has 0 radical (unpaired) electrons. The predicted octanol–water partition coefficient (Wildman–Crippen LogP) is 4.54. The number of likely N-dealkylation sites (tertiary alicyclic amines) is 1. The third-order valence-corrected chi connectivity index (χ3v) is 11.5. The van der Waals surface area contributed by atoms with Crippen LogP contribution >= 0.6 is 11.8 Å². The molecule has 3 aliphatic rings. The zero-order valence-corrected chi connectivity index (χ0v) is 25.7. The molecule has 3 fully saturated rings. The first-order valence-electron chi connectivity index (χ1n) is 14.6. The number of likely N-dealkylation sites (N-methyl/N-ethyl adjacent to an activating group) is 1. The Labute approximate surface area is 253 Å². The van der Waals surface area contributed by atoms with Crippen molar-refractivity contribution in [1.29, 1.82) is 0 Å². The first-order chi connectivity index (χ1) is 20.1. The molecule has 2 aromatic carbocycles. The number of hydrogen-bond acceptors (Lipinski definition) is 5. The lowest BCUT2D eigenvalue weighted by atomic mass is 9.65. The number of thioether (sulfide) groups is 1. The van der Waals surface area contributed by atoms with Crippen molar-refractivity contribution in [2.45, 2.75) is 49.3 Å². The molecule has 2 aromatic rings. The number of carbonyl (C=O) groups excluding carboxylic acids is 3. The summed E-state index contributed by atoms with van der Waals surface area (Å²) in [6, 6.07) is 13.7. The minimum Gasteiger partial charge on any atom is -0.394 e. The molecular formula is C34H41N3O4S. The van der Waals surface area contributed by atoms with Crippen LogP contribution in [0.2, 0.25) is 0 Å². The molecule has 7 nitrogen and oxygen atoms in total. The van der Waals surface area contributed by atoms with E-state index in [0.717, 1.165) is 28.8 Å². The smallest absolute Gasteiger partial charge is 0.251 e. The summed E-state index contributed by atoms with van der Waals surface area (Å²) in [5, 5.41) is 10.7. The number of anilines is 1. The topological polar surface area (TPSA) is 81.2 Å². The Kier molecular flexibility index (Phi) is 8.41. The van der Waals surface area contributed by atoms with Crippen LogP contribution in [-0.2, 0) is 14.4 Å². The van der Waals surface area contributed by atoms with Crippen molar-refractivity contribution in [3.63, 3.8) is 0 Å². The maximum absolute atomic E-state index is 15.1. The highest BCUT2D eigenvalue weighted by Crippen LogP contribution is 2.69. The second-order valence-corrected chi connectivity index (χ2v) is 13.4. The molecule has 3 unspecified atom stereocenters. The number of nitrogens with zero attached hydrogens (tertiary/aromatic N) is 3. The number of carbonyl (C=O) groups is 3. The summed E-state index contributed by atoms with van der Waals surface area (Å²) >= 11 is 1.64. The van der Waals surface area contributed by atoms with Crippen molar-refractivity contribution in [3.8, 4) is 0 Å². The second-order valence-electron chi connectivity index (χ2n) is 11.9. The molecule has 3 heterocycles. The molecule has 0 saturated carbocycles. The van der Waals surface area contributed by atoms with Crippen molar-refractivity contribution in [1.82, 2.24) is 9.80 Å². The number of para-hydroxylation sites is 1. The quantitative estimate of drug-likeness (QED) is 0.413. The van der Waals surface area contributed by atoms with Crippen LogP contribution in [-0.4, -0.2) is 75.4 Å². The van der Waals surface area contributed by atoms with Gasteiger partial charge in [0.05, 0.1) is 29.2 Å². The van der Waals surface area contributed by atoms with E-state index in [1.165, 1.54) is 0 Å². The molecule has 2 bridgehead atoms. The van der Waals surface area contributed by atoms with Crippen molar-refractivity contribution in [2.75, 3.05) is 31.6 Å². The van der Waals surface area contributed by atoms with Crippen LogP contribution in [0.5, 0.6) is 0 Å². The molecule has 1 N–H and O–H groups in total. The average molecular weight is 588 g/mol. The number of aliphatic hydroxyl groups excluding tert-OH is 1. The lowest BCUT2D eigenvalue weighted by Crippen LogP contribution is -2.58. The molecule has 0 aliphatic carbocycles. The van der Waals surface area contributed by atoms with Crippen LogP contribution in [0.3, 0.4) is 0 Å². The van der Waals surface area contributed by atoms with Gasteiger partial charge >= 0.3 is 0 Å². The number of aliphatic hydroxyl groups is 1. The Bertz CT molecular complexity index is 1380. The SMILES string of the molecule is C=CCN(C)C(=O)[C@@H]1[C@H]2C(=O)N([C@H](CO)c3ccccc3)C(C(=O)N(CC=C)c3c(C)cccc3C)C23S[C@@H]1CC3C. The summed E-state index contributed by atoms with van der Waals surface area (Å²) in [5.41, 5.74) is 3.46. The van der Waals surface area contributed by atoms with Crippen LogP contribution in [0.1, 0.15) is 36.1 Å². The fraction of sp³-hybridized carbons (Fsp3) is 0.441. The van der Waals surface area contributed by atoms with Gasteiger partial charge < -0.3 is 19.8 Å². The molecule has 0 aromatic heterocycles. The highest BCUT2D eigenvalue weighted by atomic mass is 32.2. The van der Waals surface area contributed by atoms with Crippen LogP contribution in [0.15, 0.2) is 73.8 Å². The molecule has 7 atom stereocenters. The van der Waals surface area contributed by atoms with Gasteiger partial charge in [-0.3, -0.25) is 14.4 Å². The van der Waals surface area contributed by atoms with E-state index in [4.69, 9.17) is 0 Å². The maximum atomic E-state index is 15.1. The molecule has 8 heteroatoms. The Morgan fingerprint density at radius 1 is 1.07 bits per heavy atom. The standard InChI is InChI=1S/C34H41N3O4S/c1-7-17-35(6)31(39)27-26-19-23(5)34(42-26)28(27)32(40)37(25(20-38)24-15-10-9-11-16-24)30(34)33(41)36(18-8-2)29-21(3)13-12-14-22(29)4/h7-16,23,25-28,30,38H,1-2,17-20H2,3-6H3/t23?,25-,26-,27+,28+,30?,34?/m1/s1. The van der Waals surface area contributed by atoms with Crippen molar-refractivity contribution in [2.24, 2.45) is 17.8 Å². The summed E-state index contributed by atoms with van der Waals surface area (Å²) in [6.07, 6.45) is 4.13. The van der Waals surface area contributed by atoms with Crippen molar-refractivity contribution < 1.29 is 19.5 Å². The molecule has 3 saturated heterocycles. The van der Waals surface area contributed by atoms with Crippen LogP contribution in [0, 0.1) is 31.6 Å². The average Bonchev–Trinajstić information content (AvgIpc) is 3.57. The molecule has 42 heavy (non-hydrogen) atoms. The van der Waals surface area contributed by atoms with Gasteiger partial charge in [0.25, 0.3) is 5.91 Å². The molecule has 1 spiro atoms. The Morgan fingerprint density at radius 2 is 1.71 bits per heavy atom. The molecule has 3 amide bonds. The van der Waals surface area contributed by atoms with Gasteiger partial charge in [0.15, 0.2) is 0 Å². The van der Waals surface area contributed by atoms with E-state index >= 15 is 4.79 Å². The summed E-state index contributed by atoms with van der Waals surface area (Å²) in [7, 11) is 1.74. The lowest BCUT2D eigenvalue weighted by molar-refractivity contribution is -0.145. The van der Waals surface area contributed by atoms with Crippen molar-refractivity contribution in [3.05, 3.63) is 90.5 Å². The van der Waals surface area contributed by atoms with E-state index in [0.29, 0.717) is 6.54 Å². The third kappa shape index (κ3) is 4.51. The predicted molar refractivity (Wildman–Crippen MR) is 168 cm³/mol. The third-order valence-electron chi connectivity index (χ3n) is 9.46. The lowest BCUT2D eigenvalue weighted by Gasteiger charge is -2.42. The van der Waals surface area contributed by atoms with Gasteiger partial charge in [-0.2, -0.15) is 0 Å². The minimum absolute atomic E-state index is 0.00725. The van der Waals surface area contributed by atoms with Gasteiger partial charge in [-0.05, 0) is 42.9 Å². The Morgan fingerprint density at radius 3 is 2.31 bits per heavy atom. The number of fused-ring (bicyclic) bond motifs is 1. The van der Waals surface area contributed by atoms with E-state index in [1.54, 1.807) is 45.7 Å². The first kappa shape index (κ1) is 30.1. The fourth-order valence-electron chi connectivity index (χ4n) is 7.72. The van der Waals surface area contributed by atoms with Gasteiger partial charge in [0.2, 0.25) is 11.8 Å². The number of amides is 3. The largest absolute Gasteiger partial charge is 0.394 e. The zero-order valence-electron chi connectivity index (χ0n) is 24.9. The van der Waals surface area contributed by atoms with E-state index < -0.39 is 28.7 Å². The molecular weight excluding hydrogens is 546 g/mol. The first-order valence-corrected chi connectivity index (χ1v) is 15.5. The second kappa shape index (κ2) is 11.7. The minimum atomic E-state index is -0.876. The number of hydrogen-bond donors (Lipinski definition) is 1. The zero-order chi connectivity index (χ0) is 30.3. The van der Waals surface area contributed by atoms with Crippen LogP contribution in [0.25, 0.3) is 0 Å². The van der Waals surface area contributed by atoms with E-state index in [-0.39, 0.29) is 42.0 Å². The summed E-state index contributed by atoms with van der Waals surface area (Å²) in [4.78, 5) is 48.8. The van der Waals surface area contributed by atoms with Gasteiger partial charge in [-0.1, -0.05) is 67.6 Å². The number of benzene rings is 2. The highest BCUT2D eigenvalue weighted by Gasteiger charge is 2.77. The van der Waals surface area contributed by atoms with Crippen LogP contribution in [0.4, 0.5) is 5.69 Å². The molecule has 5 rings (SSSR count). The monoisotopic (exact) mass is 587 g/mol. The van der Waals surface area contributed by atoms with E-state index in [2.05, 4.69) is 20.1 Å².